The summed E-state index contributed by atoms with van der Waals surface area (Å²) in [6.45, 7) is 3.50. The number of hydrogen-bond donors (Lipinski definition) is 2. The minimum Gasteiger partial charge on any atom is -0.548 e. The number of β-lactam (4-membered cyclic amide) rings is 1. The first-order valence-corrected chi connectivity index (χ1v) is 8.44. The van der Waals surface area contributed by atoms with Crippen LogP contribution in [0.4, 0.5) is 0 Å². The van der Waals surface area contributed by atoms with E-state index in [0.29, 0.717) is 5.56 Å². The summed E-state index contributed by atoms with van der Waals surface area (Å²) in [5, 5.41) is 13.6. The number of carboxylic acid groups (broad SMARTS) is 1. The standard InChI is InChI=1S/C16H19N3O4S.Na/c1-16(2)11(15(22)23)19-13(21)10(14(19)24-16)18-12(20)9(17)8-6-4-3-5-7-8;/h3-7,9-11,14H,17H2,1-2H3,(H,18,20)(H,22,23);/q;+1/p-1. The molecule has 3 rings (SSSR count). The molecule has 2 saturated heterocycles. The Bertz CT molecular complexity index is 700. The van der Waals surface area contributed by atoms with Gasteiger partial charge in [0.25, 0.3) is 0 Å². The number of carboxylic acids is 1. The quantitative estimate of drug-likeness (QED) is 0.412. The van der Waals surface area contributed by atoms with Gasteiger partial charge in [-0.15, -0.1) is 11.8 Å². The van der Waals surface area contributed by atoms with Crippen LogP contribution in [0.1, 0.15) is 25.5 Å². The van der Waals surface area contributed by atoms with Crippen molar-refractivity contribution in [3.8, 4) is 0 Å². The van der Waals surface area contributed by atoms with Crippen molar-refractivity contribution in [1.29, 1.82) is 0 Å². The van der Waals surface area contributed by atoms with Gasteiger partial charge in [0.05, 0.1) is 12.0 Å². The summed E-state index contributed by atoms with van der Waals surface area (Å²) in [5.41, 5.74) is 6.57. The third-order valence-corrected chi connectivity index (χ3v) is 5.97. The first-order chi connectivity index (χ1) is 11.2. The topological polar surface area (TPSA) is 116 Å². The molecule has 25 heavy (non-hydrogen) atoms. The van der Waals surface area contributed by atoms with E-state index in [9.17, 15) is 19.5 Å². The molecule has 0 aliphatic carbocycles. The van der Waals surface area contributed by atoms with Crippen molar-refractivity contribution in [2.24, 2.45) is 5.73 Å². The fourth-order valence-corrected chi connectivity index (χ4v) is 4.80. The van der Waals surface area contributed by atoms with Gasteiger partial charge in [0.2, 0.25) is 11.8 Å². The van der Waals surface area contributed by atoms with Crippen LogP contribution in [0.3, 0.4) is 0 Å². The van der Waals surface area contributed by atoms with Gasteiger partial charge in [-0.1, -0.05) is 30.3 Å². The first kappa shape index (κ1) is 20.3. The zero-order valence-corrected chi connectivity index (χ0v) is 17.1. The maximum Gasteiger partial charge on any atom is 1.00 e. The van der Waals surface area contributed by atoms with Crippen molar-refractivity contribution in [1.82, 2.24) is 10.2 Å². The van der Waals surface area contributed by atoms with Crippen LogP contribution in [0.5, 0.6) is 0 Å². The summed E-state index contributed by atoms with van der Waals surface area (Å²) >= 11 is 1.34. The summed E-state index contributed by atoms with van der Waals surface area (Å²) in [7, 11) is 0. The summed E-state index contributed by atoms with van der Waals surface area (Å²) in [4.78, 5) is 37.2. The molecule has 1 aromatic carbocycles. The van der Waals surface area contributed by atoms with E-state index in [1.54, 1.807) is 38.1 Å². The van der Waals surface area contributed by atoms with E-state index in [2.05, 4.69) is 5.32 Å². The van der Waals surface area contributed by atoms with E-state index in [1.165, 1.54) is 16.7 Å². The number of rotatable bonds is 4. The number of hydrogen-bond acceptors (Lipinski definition) is 6. The van der Waals surface area contributed by atoms with Crippen molar-refractivity contribution < 1.29 is 49.0 Å². The van der Waals surface area contributed by atoms with Crippen LogP contribution >= 0.6 is 11.8 Å². The van der Waals surface area contributed by atoms with Crippen molar-refractivity contribution in [3.63, 3.8) is 0 Å². The smallest absolute Gasteiger partial charge is 0.548 e. The third-order valence-electron chi connectivity index (χ3n) is 4.40. The normalized spacial score (nSPS) is 27.6. The predicted octanol–water partition coefficient (Wildman–Crippen LogP) is -4.01. The van der Waals surface area contributed by atoms with Gasteiger partial charge in [-0.05, 0) is 19.4 Å². The van der Waals surface area contributed by atoms with Crippen molar-refractivity contribution >= 4 is 29.5 Å². The van der Waals surface area contributed by atoms with Gasteiger partial charge in [0.15, 0.2) is 0 Å². The summed E-state index contributed by atoms with van der Waals surface area (Å²) < 4.78 is -0.680. The zero-order chi connectivity index (χ0) is 17.6. The summed E-state index contributed by atoms with van der Waals surface area (Å²) in [6, 6.07) is 6.19. The minimum absolute atomic E-state index is 0. The maximum atomic E-state index is 12.3. The van der Waals surface area contributed by atoms with Gasteiger partial charge >= 0.3 is 29.6 Å². The number of benzene rings is 1. The second-order valence-corrected chi connectivity index (χ2v) is 8.22. The van der Waals surface area contributed by atoms with Crippen LogP contribution in [0.15, 0.2) is 30.3 Å². The predicted molar refractivity (Wildman–Crippen MR) is 86.4 cm³/mol. The monoisotopic (exact) mass is 371 g/mol. The van der Waals surface area contributed by atoms with Gasteiger partial charge < -0.3 is 25.9 Å². The Labute approximate surface area is 172 Å². The molecule has 0 radical (unpaired) electrons. The van der Waals surface area contributed by atoms with Gasteiger partial charge in [-0.25, -0.2) is 0 Å². The van der Waals surface area contributed by atoms with Crippen LogP contribution in [0, 0.1) is 0 Å². The zero-order valence-electron chi connectivity index (χ0n) is 14.3. The molecule has 0 bridgehead atoms. The fourth-order valence-electron chi connectivity index (χ4n) is 3.18. The maximum absolute atomic E-state index is 12.3. The van der Waals surface area contributed by atoms with Crippen molar-refractivity contribution in [2.45, 2.75) is 42.1 Å². The number of fused-ring (bicyclic) bond motifs is 1. The van der Waals surface area contributed by atoms with Gasteiger partial charge in [-0.2, -0.15) is 0 Å². The van der Waals surface area contributed by atoms with E-state index in [0.717, 1.165) is 0 Å². The first-order valence-electron chi connectivity index (χ1n) is 7.56. The third kappa shape index (κ3) is 3.46. The molecule has 7 nitrogen and oxygen atoms in total. The number of thioether (sulfide) groups is 1. The molecule has 1 aromatic rings. The minimum atomic E-state index is -1.28. The molecule has 2 fully saturated rings. The number of aliphatic carboxylic acids is 1. The molecular weight excluding hydrogens is 353 g/mol. The molecule has 2 heterocycles. The van der Waals surface area contributed by atoms with Crippen LogP contribution in [0.2, 0.25) is 0 Å². The van der Waals surface area contributed by atoms with Gasteiger partial charge in [-0.3, -0.25) is 9.59 Å². The molecule has 4 unspecified atom stereocenters. The second kappa shape index (κ2) is 7.28. The Morgan fingerprint density at radius 2 is 1.92 bits per heavy atom. The molecule has 0 saturated carbocycles. The SMILES string of the molecule is CC1(C)SC2C(NC(=O)C(N)c3ccccc3)C(=O)N2C1C(=O)[O-].[Na+]. The van der Waals surface area contributed by atoms with Gasteiger partial charge in [0, 0.05) is 4.75 Å². The van der Waals surface area contributed by atoms with E-state index in [4.69, 9.17) is 5.73 Å². The van der Waals surface area contributed by atoms with Crippen LogP contribution < -0.4 is 45.7 Å². The Hall–Kier alpha value is -1.06. The molecule has 128 valence electrons. The number of amides is 2. The van der Waals surface area contributed by atoms with Crippen molar-refractivity contribution in [3.05, 3.63) is 35.9 Å². The summed E-state index contributed by atoms with van der Waals surface area (Å²) in [6.07, 6.45) is 0. The molecule has 0 spiro atoms. The molecule has 9 heteroatoms. The number of nitrogens with two attached hydrogens (primary N) is 1. The summed E-state index contributed by atoms with van der Waals surface area (Å²) in [5.74, 6) is -2.16. The fraction of sp³-hybridized carbons (Fsp3) is 0.438. The number of carbonyl (C=O) groups excluding carboxylic acids is 3. The Morgan fingerprint density at radius 1 is 1.32 bits per heavy atom. The number of nitrogens with zero attached hydrogens (tertiary/aromatic N) is 1. The largest absolute Gasteiger partial charge is 1.00 e. The second-order valence-electron chi connectivity index (χ2n) is 6.45. The van der Waals surface area contributed by atoms with E-state index in [1.807, 2.05) is 6.07 Å². The molecule has 2 amide bonds. The van der Waals surface area contributed by atoms with E-state index in [-0.39, 0.29) is 29.6 Å². The van der Waals surface area contributed by atoms with Crippen LogP contribution in [0.25, 0.3) is 0 Å². The molecule has 2 aliphatic rings. The molecular formula is C16H18N3NaO4S. The average Bonchev–Trinajstić information content (AvgIpc) is 2.80. The Morgan fingerprint density at radius 3 is 2.48 bits per heavy atom. The number of carbonyl (C=O) groups is 3. The molecule has 2 aliphatic heterocycles. The molecule has 0 aromatic heterocycles. The number of nitrogens with one attached hydrogen (secondary N) is 1. The van der Waals surface area contributed by atoms with Crippen LogP contribution in [-0.4, -0.2) is 44.9 Å². The Balaban J connectivity index is 0.00000225. The van der Waals surface area contributed by atoms with Crippen molar-refractivity contribution in [2.75, 3.05) is 0 Å². The van der Waals surface area contributed by atoms with Gasteiger partial charge in [0.1, 0.15) is 17.5 Å². The Kier molecular flexibility index (Phi) is 5.90. The van der Waals surface area contributed by atoms with E-state index < -0.39 is 46.0 Å². The molecule has 3 N–H and O–H groups in total. The molecule has 4 atom stereocenters. The average molecular weight is 371 g/mol. The van der Waals surface area contributed by atoms with E-state index >= 15 is 0 Å². The van der Waals surface area contributed by atoms with Crippen LogP contribution in [-0.2, 0) is 14.4 Å².